The smallest absolute Gasteiger partial charge is 0.249 e. The van der Waals surface area contributed by atoms with Gasteiger partial charge in [0.15, 0.2) is 0 Å². The van der Waals surface area contributed by atoms with E-state index in [1.165, 1.54) is 5.56 Å². The van der Waals surface area contributed by atoms with Crippen molar-refractivity contribution >= 4 is 5.91 Å². The van der Waals surface area contributed by atoms with Crippen molar-refractivity contribution in [3.05, 3.63) is 78.1 Å². The van der Waals surface area contributed by atoms with E-state index in [2.05, 4.69) is 46.8 Å². The molecule has 1 aliphatic rings. The van der Waals surface area contributed by atoms with Crippen LogP contribution in [0.15, 0.2) is 67.0 Å². The Morgan fingerprint density at radius 3 is 2.78 bits per heavy atom. The summed E-state index contributed by atoms with van der Waals surface area (Å²) < 4.78 is 13.3. The van der Waals surface area contributed by atoms with Crippen LogP contribution < -0.4 is 5.32 Å². The lowest BCUT2D eigenvalue weighted by atomic mass is 9.98. The minimum absolute atomic E-state index is 0.106. The van der Waals surface area contributed by atoms with Crippen molar-refractivity contribution in [1.82, 2.24) is 15.1 Å². The average Bonchev–Trinajstić information content (AvgIpc) is 3.35. The minimum atomic E-state index is -0.505. The van der Waals surface area contributed by atoms with Gasteiger partial charge in [-0.2, -0.15) is 5.10 Å². The highest BCUT2D eigenvalue weighted by molar-refractivity contribution is 5.80. The molecule has 1 aliphatic heterocycles. The first-order valence-corrected chi connectivity index (χ1v) is 11.3. The van der Waals surface area contributed by atoms with Crippen molar-refractivity contribution in [2.24, 2.45) is 0 Å². The van der Waals surface area contributed by atoms with E-state index in [-0.39, 0.29) is 12.0 Å². The lowest BCUT2D eigenvalue weighted by Gasteiger charge is -2.24. The number of benzene rings is 2. The lowest BCUT2D eigenvalue weighted by molar-refractivity contribution is -0.135. The van der Waals surface area contributed by atoms with E-state index in [1.54, 1.807) is 13.1 Å². The molecule has 168 valence electrons. The molecule has 32 heavy (non-hydrogen) atoms. The second-order valence-corrected chi connectivity index (χ2v) is 8.24. The van der Waals surface area contributed by atoms with Gasteiger partial charge in [0.1, 0.15) is 6.10 Å². The molecule has 1 fully saturated rings. The first-order chi connectivity index (χ1) is 15.7. The van der Waals surface area contributed by atoms with Gasteiger partial charge in [-0.1, -0.05) is 48.5 Å². The molecule has 1 amide bonds. The van der Waals surface area contributed by atoms with Gasteiger partial charge in [0, 0.05) is 25.5 Å². The predicted octanol–water partition coefficient (Wildman–Crippen LogP) is 4.19. The van der Waals surface area contributed by atoms with Gasteiger partial charge in [0.2, 0.25) is 5.91 Å². The molecule has 0 aliphatic carbocycles. The fourth-order valence-electron chi connectivity index (χ4n) is 3.92. The zero-order chi connectivity index (χ0) is 22.2. The Labute approximate surface area is 189 Å². The van der Waals surface area contributed by atoms with Crippen molar-refractivity contribution in [3.8, 4) is 11.1 Å². The molecule has 1 saturated heterocycles. The quantitative estimate of drug-likeness (QED) is 0.550. The summed E-state index contributed by atoms with van der Waals surface area (Å²) in [7, 11) is 0. The van der Waals surface area contributed by atoms with E-state index in [4.69, 9.17) is 9.47 Å². The molecule has 0 radical (unpaired) electrons. The van der Waals surface area contributed by atoms with Gasteiger partial charge in [-0.05, 0) is 54.5 Å². The fourth-order valence-corrected chi connectivity index (χ4v) is 3.92. The number of aromatic nitrogens is 2. The van der Waals surface area contributed by atoms with Crippen LogP contribution >= 0.6 is 0 Å². The van der Waals surface area contributed by atoms with Gasteiger partial charge in [-0.15, -0.1) is 0 Å². The SMILES string of the molecule is CC(OCC1CCCCO1)C(=O)NCc1ccccc1-c1ccc(Cn2cccn2)cc1. The standard InChI is InChI=1S/C26H31N3O3/c1-20(32-19-24-8-4-5-16-31-24)26(30)27-17-23-7-2-3-9-25(23)22-12-10-21(11-13-22)18-29-15-6-14-28-29/h2-3,6-7,9-15,20,24H,4-5,8,16-19H2,1H3,(H,27,30). The van der Waals surface area contributed by atoms with Crippen molar-refractivity contribution in [1.29, 1.82) is 0 Å². The second-order valence-electron chi connectivity index (χ2n) is 8.24. The van der Waals surface area contributed by atoms with E-state index in [0.29, 0.717) is 13.2 Å². The third kappa shape index (κ3) is 6.05. The summed E-state index contributed by atoms with van der Waals surface area (Å²) in [6, 6.07) is 18.6. The molecule has 6 heteroatoms. The molecule has 1 N–H and O–H groups in total. The third-order valence-corrected chi connectivity index (χ3v) is 5.81. The Morgan fingerprint density at radius 1 is 1.19 bits per heavy atom. The highest BCUT2D eigenvalue weighted by Gasteiger charge is 2.19. The number of hydrogen-bond acceptors (Lipinski definition) is 4. The number of nitrogens with zero attached hydrogens (tertiary/aromatic N) is 2. The first kappa shape index (κ1) is 22.2. The normalized spacial score (nSPS) is 17.1. The number of carbonyl (C=O) groups excluding carboxylic acids is 1. The molecule has 4 rings (SSSR count). The van der Waals surface area contributed by atoms with Crippen molar-refractivity contribution in [2.75, 3.05) is 13.2 Å². The fraction of sp³-hybridized carbons (Fsp3) is 0.385. The molecule has 2 unspecified atom stereocenters. The van der Waals surface area contributed by atoms with Gasteiger partial charge in [0.05, 0.1) is 19.3 Å². The Hall–Kier alpha value is -2.96. The van der Waals surface area contributed by atoms with Crippen molar-refractivity contribution in [2.45, 2.75) is 51.5 Å². The Kier molecular flexibility index (Phi) is 7.69. The topological polar surface area (TPSA) is 65.4 Å². The van der Waals surface area contributed by atoms with Gasteiger partial charge in [0.25, 0.3) is 0 Å². The largest absolute Gasteiger partial charge is 0.376 e. The van der Waals surface area contributed by atoms with Crippen LogP contribution in [-0.2, 0) is 27.4 Å². The summed E-state index contributed by atoms with van der Waals surface area (Å²) in [5.74, 6) is -0.106. The summed E-state index contributed by atoms with van der Waals surface area (Å²) in [5, 5.41) is 7.28. The molecule has 2 aromatic carbocycles. The van der Waals surface area contributed by atoms with Crippen molar-refractivity contribution < 1.29 is 14.3 Å². The molecule has 6 nitrogen and oxygen atoms in total. The molecule has 0 saturated carbocycles. The maximum atomic E-state index is 12.5. The van der Waals surface area contributed by atoms with Crippen LogP contribution in [0.2, 0.25) is 0 Å². The van der Waals surface area contributed by atoms with E-state index in [1.807, 2.05) is 29.1 Å². The number of hydrogen-bond donors (Lipinski definition) is 1. The summed E-state index contributed by atoms with van der Waals surface area (Å²) in [5.41, 5.74) is 4.50. The Balaban J connectivity index is 1.33. The minimum Gasteiger partial charge on any atom is -0.376 e. The number of carbonyl (C=O) groups is 1. The van der Waals surface area contributed by atoms with Gasteiger partial charge in [-0.3, -0.25) is 9.48 Å². The highest BCUT2D eigenvalue weighted by atomic mass is 16.5. The molecular formula is C26H31N3O3. The zero-order valence-corrected chi connectivity index (χ0v) is 18.6. The lowest BCUT2D eigenvalue weighted by Crippen LogP contribution is -2.36. The van der Waals surface area contributed by atoms with Crippen molar-refractivity contribution in [3.63, 3.8) is 0 Å². The zero-order valence-electron chi connectivity index (χ0n) is 18.6. The van der Waals surface area contributed by atoms with E-state index < -0.39 is 6.10 Å². The van der Waals surface area contributed by atoms with Crippen LogP contribution in [0.25, 0.3) is 11.1 Å². The number of ether oxygens (including phenoxy) is 2. The predicted molar refractivity (Wildman–Crippen MR) is 124 cm³/mol. The maximum absolute atomic E-state index is 12.5. The van der Waals surface area contributed by atoms with Gasteiger partial charge >= 0.3 is 0 Å². The summed E-state index contributed by atoms with van der Waals surface area (Å²) in [4.78, 5) is 12.5. The highest BCUT2D eigenvalue weighted by Crippen LogP contribution is 2.24. The average molecular weight is 434 g/mol. The van der Waals surface area contributed by atoms with Gasteiger partial charge < -0.3 is 14.8 Å². The monoisotopic (exact) mass is 433 g/mol. The molecular weight excluding hydrogens is 402 g/mol. The van der Waals surface area contributed by atoms with E-state index >= 15 is 0 Å². The molecule has 1 aromatic heterocycles. The van der Waals surface area contributed by atoms with Crippen LogP contribution in [0.1, 0.15) is 37.3 Å². The Morgan fingerprint density at radius 2 is 2.03 bits per heavy atom. The Bertz CT molecular complexity index is 980. The van der Waals surface area contributed by atoms with E-state index in [0.717, 1.165) is 49.1 Å². The van der Waals surface area contributed by atoms with Crippen LogP contribution in [0.5, 0.6) is 0 Å². The number of nitrogens with one attached hydrogen (secondary N) is 1. The van der Waals surface area contributed by atoms with Crippen LogP contribution in [0.4, 0.5) is 0 Å². The third-order valence-electron chi connectivity index (χ3n) is 5.81. The summed E-state index contributed by atoms with van der Waals surface area (Å²) >= 11 is 0. The number of amides is 1. The maximum Gasteiger partial charge on any atom is 0.249 e. The molecule has 3 aromatic rings. The first-order valence-electron chi connectivity index (χ1n) is 11.3. The molecule has 2 atom stereocenters. The van der Waals surface area contributed by atoms with Crippen LogP contribution in [0.3, 0.4) is 0 Å². The van der Waals surface area contributed by atoms with E-state index in [9.17, 15) is 4.79 Å². The summed E-state index contributed by atoms with van der Waals surface area (Å²) in [6.45, 7) is 4.25. The van der Waals surface area contributed by atoms with Crippen LogP contribution in [0, 0.1) is 0 Å². The second kappa shape index (κ2) is 11.1. The molecule has 2 heterocycles. The molecule has 0 spiro atoms. The number of rotatable bonds is 9. The van der Waals surface area contributed by atoms with Crippen LogP contribution in [-0.4, -0.2) is 41.1 Å². The molecule has 0 bridgehead atoms. The van der Waals surface area contributed by atoms with Gasteiger partial charge in [-0.25, -0.2) is 0 Å². The summed E-state index contributed by atoms with van der Waals surface area (Å²) in [6.07, 6.45) is 6.62.